The van der Waals surface area contributed by atoms with Gasteiger partial charge in [-0.15, -0.1) is 0 Å². The van der Waals surface area contributed by atoms with Gasteiger partial charge in [-0.05, 0) is 18.2 Å². The lowest BCUT2D eigenvalue weighted by atomic mass is 10.2. The number of aromatic nitrogens is 3. The molecule has 0 unspecified atom stereocenters. The van der Waals surface area contributed by atoms with Crippen LogP contribution in [0.5, 0.6) is 0 Å². The van der Waals surface area contributed by atoms with Crippen molar-refractivity contribution >= 4 is 26.8 Å². The van der Waals surface area contributed by atoms with Gasteiger partial charge in [-0.2, -0.15) is 10.1 Å². The highest BCUT2D eigenvalue weighted by atomic mass is 32.1. The van der Waals surface area contributed by atoms with Gasteiger partial charge in [-0.25, -0.2) is 0 Å². The molecule has 3 aromatic rings. The molecule has 0 fully saturated rings. The first-order valence-electron chi connectivity index (χ1n) is 7.62. The van der Waals surface area contributed by atoms with Crippen LogP contribution in [-0.4, -0.2) is 22.3 Å². The Hall–Kier alpha value is -2.86. The number of hydrogen-bond acceptors (Lipinski definition) is 5. The van der Waals surface area contributed by atoms with Crippen molar-refractivity contribution < 1.29 is 4.74 Å². The lowest BCUT2D eigenvalue weighted by molar-refractivity contribution is 0.285. The summed E-state index contributed by atoms with van der Waals surface area (Å²) in [7, 11) is 1.69. The SMILES string of the molecule is COC1=CC=C(Nc2nc3n[nH]c(-c4ccccc4)c3s2)C=CC1. The Bertz CT molecular complexity index is 950. The van der Waals surface area contributed by atoms with Gasteiger partial charge in [-0.3, -0.25) is 5.10 Å². The number of nitrogens with zero attached hydrogens (tertiary/aromatic N) is 2. The summed E-state index contributed by atoms with van der Waals surface area (Å²) in [4.78, 5) is 4.56. The van der Waals surface area contributed by atoms with Gasteiger partial charge in [0.25, 0.3) is 0 Å². The Balaban J connectivity index is 1.64. The van der Waals surface area contributed by atoms with E-state index in [1.807, 2.05) is 36.4 Å². The minimum absolute atomic E-state index is 0.729. The predicted octanol–water partition coefficient (Wildman–Crippen LogP) is 4.47. The zero-order valence-electron chi connectivity index (χ0n) is 13.1. The lowest BCUT2D eigenvalue weighted by Gasteiger charge is -2.01. The van der Waals surface area contributed by atoms with E-state index in [0.717, 1.165) is 44.6 Å². The van der Waals surface area contributed by atoms with Crippen molar-refractivity contribution in [1.82, 2.24) is 15.2 Å². The maximum absolute atomic E-state index is 5.28. The maximum Gasteiger partial charge on any atom is 0.194 e. The molecule has 2 heterocycles. The lowest BCUT2D eigenvalue weighted by Crippen LogP contribution is -1.95. The normalized spacial score (nSPS) is 14.2. The van der Waals surface area contributed by atoms with Crippen molar-refractivity contribution in [3.05, 3.63) is 66.1 Å². The first-order valence-corrected chi connectivity index (χ1v) is 8.44. The Morgan fingerprint density at radius 2 is 2.08 bits per heavy atom. The molecular weight excluding hydrogens is 320 g/mol. The quantitative estimate of drug-likeness (QED) is 0.738. The van der Waals surface area contributed by atoms with Crippen LogP contribution in [0.25, 0.3) is 21.6 Å². The van der Waals surface area contributed by atoms with Crippen molar-refractivity contribution in [3.8, 4) is 11.3 Å². The molecule has 0 bridgehead atoms. The third-order valence-corrected chi connectivity index (χ3v) is 4.73. The minimum atomic E-state index is 0.729. The van der Waals surface area contributed by atoms with Crippen molar-refractivity contribution in [2.45, 2.75) is 6.42 Å². The van der Waals surface area contributed by atoms with Crippen molar-refractivity contribution in [2.24, 2.45) is 0 Å². The third-order valence-electron chi connectivity index (χ3n) is 3.75. The van der Waals surface area contributed by atoms with Gasteiger partial charge in [0, 0.05) is 17.7 Å². The van der Waals surface area contributed by atoms with Gasteiger partial charge in [0.15, 0.2) is 10.8 Å². The molecule has 0 spiro atoms. The molecule has 0 saturated heterocycles. The number of benzene rings is 1. The van der Waals surface area contributed by atoms with E-state index in [2.05, 4.69) is 38.7 Å². The molecule has 5 nitrogen and oxygen atoms in total. The molecule has 0 atom stereocenters. The number of hydrogen-bond donors (Lipinski definition) is 2. The molecule has 0 aliphatic heterocycles. The number of thiazole rings is 1. The first kappa shape index (κ1) is 14.7. The van der Waals surface area contributed by atoms with Gasteiger partial charge in [0.05, 0.1) is 18.6 Å². The number of aromatic amines is 1. The average molecular weight is 336 g/mol. The summed E-state index contributed by atoms with van der Waals surface area (Å²) in [5, 5.41) is 11.6. The van der Waals surface area contributed by atoms with E-state index in [-0.39, 0.29) is 0 Å². The zero-order chi connectivity index (χ0) is 16.4. The molecule has 6 heteroatoms. The molecular formula is C18H16N4OS. The molecule has 2 aromatic heterocycles. The van der Waals surface area contributed by atoms with E-state index in [0.29, 0.717) is 0 Å². The maximum atomic E-state index is 5.28. The monoisotopic (exact) mass is 336 g/mol. The number of ether oxygens (including phenoxy) is 1. The number of rotatable bonds is 4. The van der Waals surface area contributed by atoms with E-state index >= 15 is 0 Å². The van der Waals surface area contributed by atoms with Crippen LogP contribution in [0, 0.1) is 0 Å². The van der Waals surface area contributed by atoms with Crippen LogP contribution in [0.1, 0.15) is 6.42 Å². The summed E-state index contributed by atoms with van der Waals surface area (Å²) >= 11 is 1.59. The van der Waals surface area contributed by atoms with E-state index in [1.165, 1.54) is 0 Å². The number of methoxy groups -OCH3 is 1. The highest BCUT2D eigenvalue weighted by Gasteiger charge is 2.13. The second-order valence-electron chi connectivity index (χ2n) is 5.33. The summed E-state index contributed by atoms with van der Waals surface area (Å²) in [6, 6.07) is 10.2. The third kappa shape index (κ3) is 2.83. The number of anilines is 1. The fraction of sp³-hybridized carbons (Fsp3) is 0.111. The molecule has 2 N–H and O–H groups in total. The summed E-state index contributed by atoms with van der Waals surface area (Å²) in [6.07, 6.45) is 8.85. The number of allylic oxidation sites excluding steroid dienone is 4. The summed E-state index contributed by atoms with van der Waals surface area (Å²) < 4.78 is 6.33. The van der Waals surface area contributed by atoms with Crippen LogP contribution in [-0.2, 0) is 4.74 Å². The highest BCUT2D eigenvalue weighted by molar-refractivity contribution is 7.22. The van der Waals surface area contributed by atoms with E-state index in [1.54, 1.807) is 18.4 Å². The van der Waals surface area contributed by atoms with Crippen LogP contribution < -0.4 is 5.32 Å². The molecule has 0 saturated carbocycles. The van der Waals surface area contributed by atoms with Crippen molar-refractivity contribution in [2.75, 3.05) is 12.4 Å². The minimum Gasteiger partial charge on any atom is -0.501 e. The molecule has 4 rings (SSSR count). The Morgan fingerprint density at radius 3 is 2.92 bits per heavy atom. The van der Waals surface area contributed by atoms with Crippen LogP contribution in [0.3, 0.4) is 0 Å². The first-order chi connectivity index (χ1) is 11.8. The molecule has 1 aromatic carbocycles. The zero-order valence-corrected chi connectivity index (χ0v) is 13.9. The average Bonchev–Trinajstić information content (AvgIpc) is 3.09. The number of H-pyrrole nitrogens is 1. The predicted molar refractivity (Wildman–Crippen MR) is 97.8 cm³/mol. The molecule has 0 radical (unpaired) electrons. The molecule has 1 aliphatic rings. The topological polar surface area (TPSA) is 62.8 Å². The molecule has 0 amide bonds. The summed E-state index contributed by atoms with van der Waals surface area (Å²) in [5.74, 6) is 0.934. The Labute approximate surface area is 143 Å². The Morgan fingerprint density at radius 1 is 1.21 bits per heavy atom. The van der Waals surface area contributed by atoms with Crippen molar-refractivity contribution in [1.29, 1.82) is 0 Å². The van der Waals surface area contributed by atoms with Gasteiger partial charge in [0.2, 0.25) is 0 Å². The van der Waals surface area contributed by atoms with Crippen LogP contribution in [0.2, 0.25) is 0 Å². The largest absolute Gasteiger partial charge is 0.501 e. The van der Waals surface area contributed by atoms with Crippen LogP contribution >= 0.6 is 11.3 Å². The van der Waals surface area contributed by atoms with E-state index < -0.39 is 0 Å². The van der Waals surface area contributed by atoms with E-state index in [9.17, 15) is 0 Å². The van der Waals surface area contributed by atoms with Crippen molar-refractivity contribution in [3.63, 3.8) is 0 Å². The highest BCUT2D eigenvalue weighted by Crippen LogP contribution is 2.33. The fourth-order valence-corrected chi connectivity index (χ4v) is 3.47. The fourth-order valence-electron chi connectivity index (χ4n) is 2.53. The standard InChI is InChI=1S/C18H16N4OS/c1-23-14-9-5-8-13(10-11-14)19-18-20-17-16(24-18)15(21-22-17)12-6-3-2-4-7-12/h2-8,10-11H,9H2,1H3,(H2,19,20,21,22). The van der Waals surface area contributed by atoms with Gasteiger partial charge in [-0.1, -0.05) is 47.7 Å². The summed E-state index contributed by atoms with van der Waals surface area (Å²) in [6.45, 7) is 0. The molecule has 1 aliphatic carbocycles. The van der Waals surface area contributed by atoms with Crippen LogP contribution in [0.15, 0.2) is 66.1 Å². The van der Waals surface area contributed by atoms with Gasteiger partial charge >= 0.3 is 0 Å². The second-order valence-corrected chi connectivity index (χ2v) is 6.33. The van der Waals surface area contributed by atoms with Crippen LogP contribution in [0.4, 0.5) is 5.13 Å². The summed E-state index contributed by atoms with van der Waals surface area (Å²) in [5.41, 5.74) is 3.82. The number of nitrogens with one attached hydrogen (secondary N) is 2. The molecule has 24 heavy (non-hydrogen) atoms. The molecule has 120 valence electrons. The van der Waals surface area contributed by atoms with E-state index in [4.69, 9.17) is 4.74 Å². The second kappa shape index (κ2) is 6.33. The Kier molecular flexibility index (Phi) is 3.88. The van der Waals surface area contributed by atoms with Gasteiger partial charge in [0.1, 0.15) is 4.70 Å². The van der Waals surface area contributed by atoms with Gasteiger partial charge < -0.3 is 10.1 Å². The number of fused-ring (bicyclic) bond motifs is 1. The smallest absolute Gasteiger partial charge is 0.194 e.